The Balaban J connectivity index is 1.87. The van der Waals surface area contributed by atoms with Gasteiger partial charge in [-0.15, -0.1) is 11.3 Å². The van der Waals surface area contributed by atoms with Gasteiger partial charge in [0.25, 0.3) is 5.91 Å². The summed E-state index contributed by atoms with van der Waals surface area (Å²) in [6.07, 6.45) is -0.724. The molecule has 0 aliphatic carbocycles. The van der Waals surface area contributed by atoms with Gasteiger partial charge in [0, 0.05) is 0 Å². The highest BCUT2D eigenvalue weighted by Gasteiger charge is 2.21. The zero-order valence-corrected chi connectivity index (χ0v) is 14.3. The maximum Gasteiger partial charge on any atom is 0.307 e. The molecule has 24 heavy (non-hydrogen) atoms. The fraction of sp³-hybridized carbons (Fsp3) is 0.278. The molecule has 6 heteroatoms. The summed E-state index contributed by atoms with van der Waals surface area (Å²) in [5.41, 5.74) is 1.44. The third kappa shape index (κ3) is 4.67. The number of carbonyl (C=O) groups is 2. The Morgan fingerprint density at radius 3 is 2.62 bits per heavy atom. The molecule has 1 N–H and O–H groups in total. The number of ether oxygens (including phenoxy) is 1. The monoisotopic (exact) mass is 342 g/mol. The fourth-order valence-electron chi connectivity index (χ4n) is 2.16. The van der Waals surface area contributed by atoms with E-state index in [1.807, 2.05) is 43.3 Å². The van der Waals surface area contributed by atoms with Crippen LogP contribution in [0.25, 0.3) is 0 Å². The van der Waals surface area contributed by atoms with Gasteiger partial charge >= 0.3 is 5.97 Å². The molecule has 1 aromatic heterocycles. The molecule has 1 aromatic carbocycles. The molecule has 0 aliphatic rings. The number of anilines is 1. The summed E-state index contributed by atoms with van der Waals surface area (Å²) in [6.45, 7) is 3.45. The summed E-state index contributed by atoms with van der Waals surface area (Å²) in [5.74, 6) is -0.869. The van der Waals surface area contributed by atoms with Crippen molar-refractivity contribution in [3.8, 4) is 6.07 Å². The van der Waals surface area contributed by atoms with E-state index in [0.717, 1.165) is 5.56 Å². The van der Waals surface area contributed by atoms with Gasteiger partial charge in [0.15, 0.2) is 6.10 Å². The van der Waals surface area contributed by atoms with E-state index in [1.165, 1.54) is 18.3 Å². The van der Waals surface area contributed by atoms with Crippen LogP contribution in [0.15, 0.2) is 41.8 Å². The lowest BCUT2D eigenvalue weighted by molar-refractivity contribution is -0.153. The minimum Gasteiger partial charge on any atom is -0.453 e. The molecule has 5 nitrogen and oxygen atoms in total. The smallest absolute Gasteiger partial charge is 0.307 e. The molecule has 0 bridgehead atoms. The van der Waals surface area contributed by atoms with Crippen molar-refractivity contribution in [3.63, 3.8) is 0 Å². The molecule has 0 saturated carbocycles. The summed E-state index contributed by atoms with van der Waals surface area (Å²) in [5, 5.41) is 13.7. The Hall–Kier alpha value is -2.65. The number of benzene rings is 1. The second-order valence-corrected chi connectivity index (χ2v) is 6.33. The van der Waals surface area contributed by atoms with Crippen LogP contribution in [-0.2, 0) is 14.3 Å². The number of esters is 1. The van der Waals surface area contributed by atoms with E-state index in [1.54, 1.807) is 11.4 Å². The number of hydrogen-bond donors (Lipinski definition) is 1. The average molecular weight is 342 g/mol. The number of carbonyl (C=O) groups excluding carboxylic acids is 2. The van der Waals surface area contributed by atoms with E-state index in [2.05, 4.69) is 5.32 Å². The van der Waals surface area contributed by atoms with Crippen LogP contribution in [0.3, 0.4) is 0 Å². The first-order chi connectivity index (χ1) is 11.5. The van der Waals surface area contributed by atoms with E-state index < -0.39 is 18.0 Å². The molecule has 0 radical (unpaired) electrons. The summed E-state index contributed by atoms with van der Waals surface area (Å²) >= 11 is 1.25. The van der Waals surface area contributed by atoms with Gasteiger partial charge < -0.3 is 10.1 Å². The second-order valence-electron chi connectivity index (χ2n) is 5.41. The Morgan fingerprint density at radius 1 is 1.25 bits per heavy atom. The summed E-state index contributed by atoms with van der Waals surface area (Å²) < 4.78 is 5.20. The number of amides is 1. The number of rotatable bonds is 6. The van der Waals surface area contributed by atoms with Crippen LogP contribution in [-0.4, -0.2) is 18.0 Å². The van der Waals surface area contributed by atoms with Gasteiger partial charge in [0.1, 0.15) is 11.1 Å². The molecular formula is C18H18N2O3S. The highest BCUT2D eigenvalue weighted by atomic mass is 32.1. The second kappa shape index (κ2) is 8.27. The predicted octanol–water partition coefficient (Wildman–Crippen LogP) is 3.68. The van der Waals surface area contributed by atoms with Gasteiger partial charge in [0.2, 0.25) is 0 Å². The van der Waals surface area contributed by atoms with E-state index in [0.29, 0.717) is 10.6 Å². The predicted molar refractivity (Wildman–Crippen MR) is 92.7 cm³/mol. The van der Waals surface area contributed by atoms with Crippen LogP contribution in [0.5, 0.6) is 0 Å². The molecule has 2 atom stereocenters. The van der Waals surface area contributed by atoms with E-state index >= 15 is 0 Å². The van der Waals surface area contributed by atoms with Crippen molar-refractivity contribution in [1.29, 1.82) is 5.26 Å². The highest BCUT2D eigenvalue weighted by Crippen LogP contribution is 2.23. The minimum absolute atomic E-state index is 0.0106. The van der Waals surface area contributed by atoms with E-state index in [-0.39, 0.29) is 12.3 Å². The maximum atomic E-state index is 12.1. The molecule has 0 saturated heterocycles. The van der Waals surface area contributed by atoms with Gasteiger partial charge in [-0.25, -0.2) is 0 Å². The van der Waals surface area contributed by atoms with Crippen molar-refractivity contribution in [2.75, 3.05) is 5.32 Å². The molecular weight excluding hydrogens is 324 g/mol. The minimum atomic E-state index is -0.922. The first-order valence-electron chi connectivity index (χ1n) is 7.54. The van der Waals surface area contributed by atoms with Crippen LogP contribution in [0.2, 0.25) is 0 Å². The normalized spacial score (nSPS) is 12.7. The zero-order valence-electron chi connectivity index (χ0n) is 13.5. The van der Waals surface area contributed by atoms with Gasteiger partial charge in [0.05, 0.1) is 12.0 Å². The van der Waals surface area contributed by atoms with E-state index in [9.17, 15) is 9.59 Å². The van der Waals surface area contributed by atoms with Crippen molar-refractivity contribution >= 4 is 28.2 Å². The topological polar surface area (TPSA) is 79.2 Å². The maximum absolute atomic E-state index is 12.1. The fourth-order valence-corrected chi connectivity index (χ4v) is 2.90. The van der Waals surface area contributed by atoms with Crippen molar-refractivity contribution in [1.82, 2.24) is 0 Å². The average Bonchev–Trinajstić information content (AvgIpc) is 3.02. The zero-order chi connectivity index (χ0) is 17.5. The lowest BCUT2D eigenvalue weighted by Crippen LogP contribution is -2.30. The van der Waals surface area contributed by atoms with Crippen molar-refractivity contribution in [3.05, 3.63) is 52.9 Å². The third-order valence-corrected chi connectivity index (χ3v) is 4.37. The van der Waals surface area contributed by atoms with Crippen LogP contribution in [0.4, 0.5) is 5.00 Å². The molecule has 2 aromatic rings. The molecule has 1 heterocycles. The Bertz CT molecular complexity index is 749. The van der Waals surface area contributed by atoms with Gasteiger partial charge in [-0.3, -0.25) is 9.59 Å². The summed E-state index contributed by atoms with van der Waals surface area (Å²) in [6, 6.07) is 13.3. The standard InChI is InChI=1S/C18H18N2O3S/c1-12(14-6-4-3-5-7-14)10-16(21)23-13(2)17(22)20-18-15(11-19)8-9-24-18/h3-9,12-13H,10H2,1-2H3,(H,20,22)/t12-,13-/m1/s1. The largest absolute Gasteiger partial charge is 0.453 e. The van der Waals surface area contributed by atoms with Gasteiger partial charge in [-0.1, -0.05) is 37.3 Å². The van der Waals surface area contributed by atoms with Gasteiger partial charge in [-0.05, 0) is 29.9 Å². The lowest BCUT2D eigenvalue weighted by atomic mass is 9.98. The molecule has 124 valence electrons. The highest BCUT2D eigenvalue weighted by molar-refractivity contribution is 7.14. The van der Waals surface area contributed by atoms with Crippen molar-refractivity contribution in [2.24, 2.45) is 0 Å². The summed E-state index contributed by atoms with van der Waals surface area (Å²) in [7, 11) is 0. The molecule has 2 rings (SSSR count). The molecule has 0 fully saturated rings. The quantitative estimate of drug-likeness (QED) is 0.812. The van der Waals surface area contributed by atoms with Crippen LogP contribution < -0.4 is 5.32 Å². The lowest BCUT2D eigenvalue weighted by Gasteiger charge is -2.15. The molecule has 0 aliphatic heterocycles. The Kier molecular flexibility index (Phi) is 6.10. The molecule has 0 unspecified atom stereocenters. The molecule has 0 spiro atoms. The molecule has 1 amide bonds. The number of nitriles is 1. The van der Waals surface area contributed by atoms with Crippen LogP contribution >= 0.6 is 11.3 Å². The van der Waals surface area contributed by atoms with Crippen molar-refractivity contribution < 1.29 is 14.3 Å². The number of thiophene rings is 1. The first kappa shape index (κ1) is 17.7. The summed E-state index contributed by atoms with van der Waals surface area (Å²) in [4.78, 5) is 24.1. The van der Waals surface area contributed by atoms with Crippen LogP contribution in [0, 0.1) is 11.3 Å². The SMILES string of the molecule is C[C@H](CC(=O)O[C@H](C)C(=O)Nc1sccc1C#N)c1ccccc1. The van der Waals surface area contributed by atoms with Gasteiger partial charge in [-0.2, -0.15) is 5.26 Å². The Morgan fingerprint density at radius 2 is 1.96 bits per heavy atom. The van der Waals surface area contributed by atoms with Crippen molar-refractivity contribution in [2.45, 2.75) is 32.3 Å². The number of nitrogens with zero attached hydrogens (tertiary/aromatic N) is 1. The third-order valence-electron chi connectivity index (χ3n) is 3.54. The first-order valence-corrected chi connectivity index (χ1v) is 8.42. The van der Waals surface area contributed by atoms with E-state index in [4.69, 9.17) is 10.00 Å². The number of nitrogens with one attached hydrogen (secondary N) is 1. The Labute approximate surface area is 144 Å². The number of hydrogen-bond acceptors (Lipinski definition) is 5. The van der Waals surface area contributed by atoms with Crippen LogP contribution in [0.1, 0.15) is 37.3 Å².